The summed E-state index contributed by atoms with van der Waals surface area (Å²) in [5, 5.41) is 2.86. The number of hydrogen-bond acceptors (Lipinski definition) is 3. The van der Waals surface area contributed by atoms with Gasteiger partial charge >= 0.3 is 0 Å². The van der Waals surface area contributed by atoms with Crippen molar-refractivity contribution in [3.8, 4) is 5.75 Å². The average molecular weight is 339 g/mol. The van der Waals surface area contributed by atoms with Crippen LogP contribution in [0, 0.1) is 5.82 Å². The SMILES string of the molecule is Cn1ccnc1[C@H](NC(=O)COc1ccccc1)c1cccc(F)c1. The van der Waals surface area contributed by atoms with Gasteiger partial charge in [0.25, 0.3) is 5.91 Å². The lowest BCUT2D eigenvalue weighted by molar-refractivity contribution is -0.123. The minimum absolute atomic E-state index is 0.139. The van der Waals surface area contributed by atoms with Gasteiger partial charge < -0.3 is 14.6 Å². The van der Waals surface area contributed by atoms with E-state index in [1.807, 2.05) is 25.2 Å². The first-order valence-electron chi connectivity index (χ1n) is 7.83. The second kappa shape index (κ2) is 7.61. The lowest BCUT2D eigenvalue weighted by atomic mass is 10.1. The van der Waals surface area contributed by atoms with Crippen molar-refractivity contribution in [3.05, 3.63) is 84.2 Å². The van der Waals surface area contributed by atoms with E-state index in [-0.39, 0.29) is 18.3 Å². The van der Waals surface area contributed by atoms with Crippen molar-refractivity contribution in [2.75, 3.05) is 6.61 Å². The van der Waals surface area contributed by atoms with Gasteiger partial charge in [-0.3, -0.25) is 4.79 Å². The van der Waals surface area contributed by atoms with E-state index in [2.05, 4.69) is 10.3 Å². The van der Waals surface area contributed by atoms with Gasteiger partial charge in [0.05, 0.1) is 0 Å². The topological polar surface area (TPSA) is 56.2 Å². The van der Waals surface area contributed by atoms with Crippen LogP contribution in [0.15, 0.2) is 67.0 Å². The van der Waals surface area contributed by atoms with Gasteiger partial charge in [0, 0.05) is 19.4 Å². The van der Waals surface area contributed by atoms with Crippen molar-refractivity contribution in [3.63, 3.8) is 0 Å². The van der Waals surface area contributed by atoms with Gasteiger partial charge in [0.1, 0.15) is 23.4 Å². The number of carbonyl (C=O) groups excluding carboxylic acids is 1. The molecule has 0 unspecified atom stereocenters. The molecule has 1 amide bonds. The van der Waals surface area contributed by atoms with Crippen LogP contribution in [0.2, 0.25) is 0 Å². The molecule has 0 bridgehead atoms. The number of imidazole rings is 1. The molecule has 0 aliphatic carbocycles. The molecule has 0 fully saturated rings. The normalized spacial score (nSPS) is 11.8. The Morgan fingerprint density at radius 2 is 2.04 bits per heavy atom. The number of benzene rings is 2. The van der Waals surface area contributed by atoms with Crippen LogP contribution in [0.4, 0.5) is 4.39 Å². The fraction of sp³-hybridized carbons (Fsp3) is 0.158. The largest absolute Gasteiger partial charge is 0.484 e. The molecule has 2 aromatic carbocycles. The van der Waals surface area contributed by atoms with Crippen molar-refractivity contribution in [2.24, 2.45) is 7.05 Å². The number of halogens is 1. The zero-order valence-electron chi connectivity index (χ0n) is 13.7. The Morgan fingerprint density at radius 1 is 1.24 bits per heavy atom. The molecule has 0 saturated heterocycles. The molecule has 1 heterocycles. The number of amides is 1. The Hall–Kier alpha value is -3.15. The molecule has 0 spiro atoms. The highest BCUT2D eigenvalue weighted by Crippen LogP contribution is 2.21. The van der Waals surface area contributed by atoms with Crippen LogP contribution < -0.4 is 10.1 Å². The molecule has 1 N–H and O–H groups in total. The number of aromatic nitrogens is 2. The number of ether oxygens (including phenoxy) is 1. The third-order valence-corrected chi connectivity index (χ3v) is 3.72. The quantitative estimate of drug-likeness (QED) is 0.751. The monoisotopic (exact) mass is 339 g/mol. The summed E-state index contributed by atoms with van der Waals surface area (Å²) in [6.07, 6.45) is 3.41. The molecule has 0 aliphatic heterocycles. The van der Waals surface area contributed by atoms with Gasteiger partial charge in [-0.05, 0) is 29.8 Å². The number of nitrogens with zero attached hydrogens (tertiary/aromatic N) is 2. The number of hydrogen-bond donors (Lipinski definition) is 1. The predicted octanol–water partition coefficient (Wildman–Crippen LogP) is 2.84. The molecule has 3 rings (SSSR count). The fourth-order valence-electron chi connectivity index (χ4n) is 2.51. The fourth-order valence-corrected chi connectivity index (χ4v) is 2.51. The standard InChI is InChI=1S/C19H18FN3O2/c1-23-11-10-21-19(23)18(14-6-5-7-15(20)12-14)22-17(24)13-25-16-8-3-2-4-9-16/h2-12,18H,13H2,1H3,(H,22,24)/t18-/m1/s1. The summed E-state index contributed by atoms with van der Waals surface area (Å²) in [4.78, 5) is 16.6. The van der Waals surface area contributed by atoms with E-state index in [1.165, 1.54) is 12.1 Å². The molecule has 6 heteroatoms. The molecule has 5 nitrogen and oxygen atoms in total. The van der Waals surface area contributed by atoms with E-state index in [0.29, 0.717) is 17.1 Å². The van der Waals surface area contributed by atoms with Crippen molar-refractivity contribution in [1.29, 1.82) is 0 Å². The summed E-state index contributed by atoms with van der Waals surface area (Å²) in [6, 6.07) is 14.6. The lowest BCUT2D eigenvalue weighted by Crippen LogP contribution is -2.34. The Bertz CT molecular complexity index is 849. The van der Waals surface area contributed by atoms with Crippen LogP contribution in [0.3, 0.4) is 0 Å². The predicted molar refractivity (Wildman–Crippen MR) is 91.5 cm³/mol. The summed E-state index contributed by atoms with van der Waals surface area (Å²) in [5.74, 6) is 0.531. The molecule has 25 heavy (non-hydrogen) atoms. The molecular formula is C19H18FN3O2. The summed E-state index contributed by atoms with van der Waals surface area (Å²) in [5.41, 5.74) is 0.613. The zero-order valence-corrected chi connectivity index (χ0v) is 13.7. The molecule has 1 atom stereocenters. The van der Waals surface area contributed by atoms with Gasteiger partial charge in [-0.1, -0.05) is 30.3 Å². The van der Waals surface area contributed by atoms with Crippen LogP contribution in [0.1, 0.15) is 17.4 Å². The third-order valence-electron chi connectivity index (χ3n) is 3.72. The average Bonchev–Trinajstić information content (AvgIpc) is 3.04. The number of rotatable bonds is 6. The summed E-state index contributed by atoms with van der Waals surface area (Å²) < 4.78 is 20.9. The Kier molecular flexibility index (Phi) is 5.09. The van der Waals surface area contributed by atoms with Crippen molar-refractivity contribution < 1.29 is 13.9 Å². The van der Waals surface area contributed by atoms with E-state index in [1.54, 1.807) is 41.2 Å². The molecule has 3 aromatic rings. The van der Waals surface area contributed by atoms with Crippen LogP contribution in [-0.2, 0) is 11.8 Å². The van der Waals surface area contributed by atoms with Crippen molar-refractivity contribution in [2.45, 2.75) is 6.04 Å². The summed E-state index contributed by atoms with van der Waals surface area (Å²) in [7, 11) is 1.82. The molecule has 128 valence electrons. The smallest absolute Gasteiger partial charge is 0.258 e. The minimum Gasteiger partial charge on any atom is -0.484 e. The highest BCUT2D eigenvalue weighted by atomic mass is 19.1. The van der Waals surface area contributed by atoms with Crippen molar-refractivity contribution >= 4 is 5.91 Å². The van der Waals surface area contributed by atoms with Crippen LogP contribution in [-0.4, -0.2) is 22.1 Å². The molecular weight excluding hydrogens is 321 g/mol. The summed E-state index contributed by atoms with van der Waals surface area (Å²) >= 11 is 0. The minimum atomic E-state index is -0.567. The van der Waals surface area contributed by atoms with Gasteiger partial charge in [-0.2, -0.15) is 0 Å². The van der Waals surface area contributed by atoms with E-state index in [4.69, 9.17) is 4.74 Å². The molecule has 0 radical (unpaired) electrons. The third kappa shape index (κ3) is 4.23. The zero-order chi connectivity index (χ0) is 17.6. The second-order valence-corrected chi connectivity index (χ2v) is 5.55. The maximum absolute atomic E-state index is 13.6. The van der Waals surface area contributed by atoms with E-state index in [0.717, 1.165) is 0 Å². The maximum Gasteiger partial charge on any atom is 0.258 e. The Balaban J connectivity index is 1.76. The van der Waals surface area contributed by atoms with Gasteiger partial charge in [0.2, 0.25) is 0 Å². The lowest BCUT2D eigenvalue weighted by Gasteiger charge is -2.19. The maximum atomic E-state index is 13.6. The molecule has 1 aromatic heterocycles. The van der Waals surface area contributed by atoms with Crippen LogP contribution >= 0.6 is 0 Å². The van der Waals surface area contributed by atoms with Gasteiger partial charge in [-0.25, -0.2) is 9.37 Å². The first-order chi connectivity index (χ1) is 12.1. The van der Waals surface area contributed by atoms with Gasteiger partial charge in [-0.15, -0.1) is 0 Å². The Labute approximate surface area is 145 Å². The molecule has 0 aliphatic rings. The Morgan fingerprint density at radius 3 is 2.72 bits per heavy atom. The van der Waals surface area contributed by atoms with E-state index in [9.17, 15) is 9.18 Å². The first kappa shape index (κ1) is 16.7. The number of nitrogens with one attached hydrogen (secondary N) is 1. The van der Waals surface area contributed by atoms with Gasteiger partial charge in [0.15, 0.2) is 6.61 Å². The number of carbonyl (C=O) groups is 1. The number of aryl methyl sites for hydroxylation is 1. The van der Waals surface area contributed by atoms with E-state index < -0.39 is 6.04 Å². The van der Waals surface area contributed by atoms with Crippen LogP contribution in [0.5, 0.6) is 5.75 Å². The first-order valence-corrected chi connectivity index (χ1v) is 7.83. The highest BCUT2D eigenvalue weighted by molar-refractivity contribution is 5.78. The van der Waals surface area contributed by atoms with Crippen molar-refractivity contribution in [1.82, 2.24) is 14.9 Å². The number of para-hydroxylation sites is 1. The second-order valence-electron chi connectivity index (χ2n) is 5.55. The van der Waals surface area contributed by atoms with Crippen LogP contribution in [0.25, 0.3) is 0 Å². The van der Waals surface area contributed by atoms with E-state index >= 15 is 0 Å². The molecule has 0 saturated carbocycles. The summed E-state index contributed by atoms with van der Waals surface area (Å²) in [6.45, 7) is -0.139. The highest BCUT2D eigenvalue weighted by Gasteiger charge is 2.21.